The topological polar surface area (TPSA) is 64.3 Å². The zero-order valence-electron chi connectivity index (χ0n) is 9.57. The molecule has 88 valence electrons. The van der Waals surface area contributed by atoms with E-state index < -0.39 is 11.7 Å². The number of carbonyl (C=O) groups excluding carboxylic acids is 1. The van der Waals surface area contributed by atoms with Crippen LogP contribution in [-0.4, -0.2) is 11.7 Å². The van der Waals surface area contributed by atoms with E-state index in [0.717, 1.165) is 4.90 Å². The molecule has 0 heterocycles. The van der Waals surface area contributed by atoms with Crippen LogP contribution in [0.15, 0.2) is 23.1 Å². The lowest BCUT2D eigenvalue weighted by molar-refractivity contribution is 0.0636. The van der Waals surface area contributed by atoms with Gasteiger partial charge in [-0.3, -0.25) is 5.32 Å². The Morgan fingerprint density at radius 1 is 1.44 bits per heavy atom. The number of rotatable bonds is 1. The number of nitrogen functional groups attached to an aromatic ring is 1. The van der Waals surface area contributed by atoms with Gasteiger partial charge in [-0.05, 0) is 39.0 Å². The molecule has 0 bridgehead atoms. The van der Waals surface area contributed by atoms with Gasteiger partial charge >= 0.3 is 6.09 Å². The third-order valence-corrected chi connectivity index (χ3v) is 1.95. The van der Waals surface area contributed by atoms with Gasteiger partial charge in [0.2, 0.25) is 0 Å². The molecule has 0 saturated carbocycles. The molecule has 1 rings (SSSR count). The summed E-state index contributed by atoms with van der Waals surface area (Å²) in [5.41, 5.74) is 6.17. The lowest BCUT2D eigenvalue weighted by Gasteiger charge is -2.20. The zero-order chi connectivity index (χ0) is 12.3. The molecule has 5 heteroatoms. The third kappa shape index (κ3) is 4.02. The molecule has 1 amide bonds. The highest BCUT2D eigenvalue weighted by atomic mass is 32.1. The molecule has 0 aliphatic heterocycles. The van der Waals surface area contributed by atoms with Gasteiger partial charge in [0.25, 0.3) is 0 Å². The molecule has 3 N–H and O–H groups in total. The van der Waals surface area contributed by atoms with Crippen LogP contribution in [0.25, 0.3) is 0 Å². The van der Waals surface area contributed by atoms with E-state index in [0.29, 0.717) is 11.4 Å². The van der Waals surface area contributed by atoms with Gasteiger partial charge in [-0.2, -0.15) is 0 Å². The summed E-state index contributed by atoms with van der Waals surface area (Å²) in [7, 11) is 0. The highest BCUT2D eigenvalue weighted by Gasteiger charge is 2.16. The predicted molar refractivity (Wildman–Crippen MR) is 68.0 cm³/mol. The second kappa shape index (κ2) is 4.65. The summed E-state index contributed by atoms with van der Waals surface area (Å²) in [6.45, 7) is 5.40. The Kier molecular flexibility index (Phi) is 3.70. The van der Waals surface area contributed by atoms with Gasteiger partial charge in [-0.25, -0.2) is 4.79 Å². The standard InChI is InChI=1S/C11H16N2O2S/c1-11(2,3)15-10(14)13-9-5-4-7(16)6-8(9)12/h4-6,16H,12H2,1-3H3,(H,13,14). The first-order valence-corrected chi connectivity index (χ1v) is 5.31. The van der Waals surface area contributed by atoms with Crippen molar-refractivity contribution in [1.82, 2.24) is 0 Å². The van der Waals surface area contributed by atoms with Crippen molar-refractivity contribution in [3.05, 3.63) is 18.2 Å². The van der Waals surface area contributed by atoms with E-state index in [1.807, 2.05) is 0 Å². The van der Waals surface area contributed by atoms with E-state index in [9.17, 15) is 4.79 Å². The normalized spacial score (nSPS) is 11.0. The van der Waals surface area contributed by atoms with E-state index in [1.54, 1.807) is 39.0 Å². The number of carbonyl (C=O) groups is 1. The molecule has 0 fully saturated rings. The molecule has 0 saturated heterocycles. The zero-order valence-corrected chi connectivity index (χ0v) is 10.5. The third-order valence-electron chi connectivity index (χ3n) is 1.67. The fourth-order valence-corrected chi connectivity index (χ4v) is 1.29. The van der Waals surface area contributed by atoms with Crippen molar-refractivity contribution in [2.45, 2.75) is 31.3 Å². The van der Waals surface area contributed by atoms with Gasteiger partial charge in [0.15, 0.2) is 0 Å². The molecular weight excluding hydrogens is 224 g/mol. The van der Waals surface area contributed by atoms with Gasteiger partial charge in [0.05, 0.1) is 11.4 Å². The molecule has 0 spiro atoms. The van der Waals surface area contributed by atoms with E-state index in [2.05, 4.69) is 17.9 Å². The van der Waals surface area contributed by atoms with Crippen LogP contribution in [0.2, 0.25) is 0 Å². The first kappa shape index (κ1) is 12.7. The number of benzene rings is 1. The van der Waals surface area contributed by atoms with Crippen LogP contribution < -0.4 is 11.1 Å². The SMILES string of the molecule is CC(C)(C)OC(=O)Nc1ccc(S)cc1N. The summed E-state index contributed by atoms with van der Waals surface area (Å²) in [5.74, 6) is 0. The van der Waals surface area contributed by atoms with Crippen molar-refractivity contribution in [2.24, 2.45) is 0 Å². The Balaban J connectivity index is 2.70. The molecule has 1 aromatic rings. The second-order valence-corrected chi connectivity index (χ2v) is 4.91. The summed E-state index contributed by atoms with van der Waals surface area (Å²) in [5, 5.41) is 2.57. The quantitative estimate of drug-likeness (QED) is 0.522. The van der Waals surface area contributed by atoms with Gasteiger partial charge in [-0.1, -0.05) is 0 Å². The van der Waals surface area contributed by atoms with E-state index in [4.69, 9.17) is 10.5 Å². The van der Waals surface area contributed by atoms with Crippen molar-refractivity contribution in [3.63, 3.8) is 0 Å². The number of amides is 1. The number of thiol groups is 1. The van der Waals surface area contributed by atoms with Crippen molar-refractivity contribution < 1.29 is 9.53 Å². The lowest BCUT2D eigenvalue weighted by Crippen LogP contribution is -2.27. The summed E-state index contributed by atoms with van der Waals surface area (Å²) >= 11 is 4.14. The molecule has 0 aliphatic carbocycles. The summed E-state index contributed by atoms with van der Waals surface area (Å²) in [6, 6.07) is 5.09. The van der Waals surface area contributed by atoms with Crippen LogP contribution in [0.1, 0.15) is 20.8 Å². The maximum atomic E-state index is 11.5. The first-order valence-electron chi connectivity index (χ1n) is 4.86. The van der Waals surface area contributed by atoms with E-state index in [1.165, 1.54) is 0 Å². The smallest absolute Gasteiger partial charge is 0.412 e. The maximum Gasteiger partial charge on any atom is 0.412 e. The number of ether oxygens (including phenoxy) is 1. The Morgan fingerprint density at radius 2 is 2.06 bits per heavy atom. The van der Waals surface area contributed by atoms with Gasteiger partial charge in [0.1, 0.15) is 5.60 Å². The summed E-state index contributed by atoms with van der Waals surface area (Å²) in [4.78, 5) is 12.2. The number of hydrogen-bond donors (Lipinski definition) is 3. The number of hydrogen-bond acceptors (Lipinski definition) is 4. The molecule has 0 radical (unpaired) electrons. The Labute approximate surface area is 101 Å². The van der Waals surface area contributed by atoms with Crippen LogP contribution in [0.5, 0.6) is 0 Å². The highest BCUT2D eigenvalue weighted by molar-refractivity contribution is 7.80. The fraction of sp³-hybridized carbons (Fsp3) is 0.364. The van der Waals surface area contributed by atoms with Crippen molar-refractivity contribution in [1.29, 1.82) is 0 Å². The van der Waals surface area contributed by atoms with Gasteiger partial charge in [0, 0.05) is 4.90 Å². The molecule has 0 aromatic heterocycles. The van der Waals surface area contributed by atoms with Crippen LogP contribution in [-0.2, 0) is 4.74 Å². The van der Waals surface area contributed by atoms with Crippen molar-refractivity contribution >= 4 is 30.1 Å². The van der Waals surface area contributed by atoms with Gasteiger partial charge < -0.3 is 10.5 Å². The molecule has 1 aromatic carbocycles. The van der Waals surface area contributed by atoms with Crippen LogP contribution in [0.4, 0.5) is 16.2 Å². The Hall–Kier alpha value is -1.36. The summed E-state index contributed by atoms with van der Waals surface area (Å²) < 4.78 is 5.10. The van der Waals surface area contributed by atoms with Crippen molar-refractivity contribution in [3.8, 4) is 0 Å². The molecule has 0 unspecified atom stereocenters. The lowest BCUT2D eigenvalue weighted by atomic mass is 10.2. The first-order chi connectivity index (χ1) is 7.28. The molecular formula is C11H16N2O2S. The Morgan fingerprint density at radius 3 is 2.56 bits per heavy atom. The minimum absolute atomic E-state index is 0.457. The number of anilines is 2. The largest absolute Gasteiger partial charge is 0.444 e. The van der Waals surface area contributed by atoms with E-state index in [-0.39, 0.29) is 0 Å². The number of nitrogens with one attached hydrogen (secondary N) is 1. The minimum atomic E-state index is -0.525. The Bertz CT molecular complexity index is 399. The second-order valence-electron chi connectivity index (χ2n) is 4.40. The van der Waals surface area contributed by atoms with Gasteiger partial charge in [-0.15, -0.1) is 12.6 Å². The maximum absolute atomic E-state index is 11.5. The van der Waals surface area contributed by atoms with Crippen LogP contribution >= 0.6 is 12.6 Å². The molecule has 16 heavy (non-hydrogen) atoms. The average molecular weight is 240 g/mol. The van der Waals surface area contributed by atoms with Crippen LogP contribution in [0.3, 0.4) is 0 Å². The fourth-order valence-electron chi connectivity index (χ4n) is 1.08. The predicted octanol–water partition coefficient (Wildman–Crippen LogP) is 2.90. The summed E-state index contributed by atoms with van der Waals surface area (Å²) in [6.07, 6.45) is -0.522. The average Bonchev–Trinajstić information content (AvgIpc) is 2.06. The van der Waals surface area contributed by atoms with E-state index >= 15 is 0 Å². The molecule has 0 aliphatic rings. The minimum Gasteiger partial charge on any atom is -0.444 e. The molecule has 0 atom stereocenters. The van der Waals surface area contributed by atoms with Crippen molar-refractivity contribution in [2.75, 3.05) is 11.1 Å². The molecule has 4 nitrogen and oxygen atoms in total. The van der Waals surface area contributed by atoms with Crippen LogP contribution in [0, 0.1) is 0 Å². The highest BCUT2D eigenvalue weighted by Crippen LogP contribution is 2.22. The monoisotopic (exact) mass is 240 g/mol. The number of nitrogens with two attached hydrogens (primary N) is 1.